The number of amides is 1. The normalized spacial score (nSPS) is 33.7. The maximum absolute atomic E-state index is 12.9. The third-order valence-electron chi connectivity index (χ3n) is 5.87. The van der Waals surface area contributed by atoms with Crippen LogP contribution in [0.1, 0.15) is 33.6 Å². The van der Waals surface area contributed by atoms with E-state index in [0.717, 1.165) is 45.6 Å². The fraction of sp³-hybridized carbons (Fsp3) is 0.824. The lowest BCUT2D eigenvalue weighted by Gasteiger charge is -2.48. The number of nitrogens with zero attached hydrogens (tertiary/aromatic N) is 2. The minimum absolute atomic E-state index is 0.00694. The molecule has 1 heterocycles. The minimum atomic E-state index is -0.00694. The highest BCUT2D eigenvalue weighted by Crippen LogP contribution is 2.45. The summed E-state index contributed by atoms with van der Waals surface area (Å²) in [6, 6.07) is 0.230. The Morgan fingerprint density at radius 2 is 1.90 bits per heavy atom. The average Bonchev–Trinajstić information content (AvgIpc) is 2.45. The lowest BCUT2D eigenvalue weighted by molar-refractivity contribution is -0.145. The molecule has 0 bridgehead atoms. The van der Waals surface area contributed by atoms with Gasteiger partial charge in [0.05, 0.1) is 0 Å². The molecule has 3 unspecified atom stereocenters. The van der Waals surface area contributed by atoms with Crippen LogP contribution < -0.4 is 5.73 Å². The highest BCUT2D eigenvalue weighted by atomic mass is 16.2. The molecule has 4 nitrogen and oxygen atoms in total. The van der Waals surface area contributed by atoms with Gasteiger partial charge in [-0.1, -0.05) is 26.8 Å². The van der Waals surface area contributed by atoms with Crippen molar-refractivity contribution in [2.45, 2.75) is 39.7 Å². The molecule has 2 rings (SSSR count). The van der Waals surface area contributed by atoms with E-state index in [9.17, 15) is 4.79 Å². The Balaban J connectivity index is 1.99. The van der Waals surface area contributed by atoms with E-state index in [1.807, 2.05) is 6.08 Å². The molecule has 2 aliphatic rings. The van der Waals surface area contributed by atoms with Crippen LogP contribution in [-0.4, -0.2) is 54.5 Å². The van der Waals surface area contributed by atoms with E-state index >= 15 is 0 Å². The van der Waals surface area contributed by atoms with Crippen molar-refractivity contribution in [1.29, 1.82) is 0 Å². The van der Waals surface area contributed by atoms with Crippen LogP contribution in [0.15, 0.2) is 12.7 Å². The second-order valence-electron chi connectivity index (χ2n) is 7.32. The van der Waals surface area contributed by atoms with Gasteiger partial charge in [0.25, 0.3) is 0 Å². The molecule has 0 aromatic rings. The second-order valence-corrected chi connectivity index (χ2v) is 7.32. The molecule has 1 saturated carbocycles. The highest BCUT2D eigenvalue weighted by molar-refractivity contribution is 5.80. The summed E-state index contributed by atoms with van der Waals surface area (Å²) < 4.78 is 0. The zero-order valence-electron chi connectivity index (χ0n) is 13.8. The number of carbonyl (C=O) groups excluding carboxylic acids is 1. The minimum Gasteiger partial charge on any atom is -0.340 e. The summed E-state index contributed by atoms with van der Waals surface area (Å²) in [6.07, 6.45) is 3.84. The van der Waals surface area contributed by atoms with Crippen LogP contribution in [0.4, 0.5) is 0 Å². The van der Waals surface area contributed by atoms with Crippen molar-refractivity contribution in [3.05, 3.63) is 12.7 Å². The summed E-state index contributed by atoms with van der Waals surface area (Å²) in [4.78, 5) is 17.3. The molecule has 0 spiro atoms. The molecular formula is C17H31N3O. The SMILES string of the molecule is C=CCN1CCN(C(=O)C2CCC(N)C(C)C2(C)C)CC1. The van der Waals surface area contributed by atoms with Crippen molar-refractivity contribution < 1.29 is 4.79 Å². The zero-order valence-corrected chi connectivity index (χ0v) is 13.8. The van der Waals surface area contributed by atoms with Crippen LogP contribution in [0.5, 0.6) is 0 Å². The Morgan fingerprint density at radius 1 is 1.29 bits per heavy atom. The highest BCUT2D eigenvalue weighted by Gasteiger charge is 2.46. The van der Waals surface area contributed by atoms with Gasteiger partial charge in [-0.2, -0.15) is 0 Å². The van der Waals surface area contributed by atoms with Crippen LogP contribution in [-0.2, 0) is 4.79 Å². The van der Waals surface area contributed by atoms with Crippen molar-refractivity contribution in [1.82, 2.24) is 9.80 Å². The molecule has 1 amide bonds. The topological polar surface area (TPSA) is 49.6 Å². The van der Waals surface area contributed by atoms with E-state index in [1.54, 1.807) is 0 Å². The van der Waals surface area contributed by atoms with Gasteiger partial charge in [-0.15, -0.1) is 6.58 Å². The summed E-state index contributed by atoms with van der Waals surface area (Å²) >= 11 is 0. The van der Waals surface area contributed by atoms with Gasteiger partial charge >= 0.3 is 0 Å². The van der Waals surface area contributed by atoms with Crippen molar-refractivity contribution in [2.75, 3.05) is 32.7 Å². The van der Waals surface area contributed by atoms with E-state index in [0.29, 0.717) is 11.8 Å². The van der Waals surface area contributed by atoms with Gasteiger partial charge in [0.1, 0.15) is 0 Å². The van der Waals surface area contributed by atoms with Crippen molar-refractivity contribution in [2.24, 2.45) is 23.0 Å². The fourth-order valence-electron chi connectivity index (χ4n) is 3.85. The van der Waals surface area contributed by atoms with Gasteiger partial charge in [-0.05, 0) is 24.2 Å². The molecular weight excluding hydrogens is 262 g/mol. The van der Waals surface area contributed by atoms with Crippen LogP contribution in [0, 0.1) is 17.3 Å². The number of piperazine rings is 1. The molecule has 2 fully saturated rings. The van der Waals surface area contributed by atoms with Gasteiger partial charge in [0.15, 0.2) is 0 Å². The van der Waals surface area contributed by atoms with E-state index in [-0.39, 0.29) is 17.4 Å². The largest absolute Gasteiger partial charge is 0.340 e. The second kappa shape index (κ2) is 6.49. The predicted octanol–water partition coefficient (Wildman–Crippen LogP) is 1.72. The number of carbonyl (C=O) groups is 1. The Bertz CT molecular complexity index is 385. The van der Waals surface area contributed by atoms with Crippen molar-refractivity contribution >= 4 is 5.91 Å². The number of hydrogen-bond acceptors (Lipinski definition) is 3. The molecule has 1 aliphatic heterocycles. The van der Waals surface area contributed by atoms with Crippen molar-refractivity contribution in [3.63, 3.8) is 0 Å². The molecule has 0 aromatic carbocycles. The molecule has 2 N–H and O–H groups in total. The van der Waals surface area contributed by atoms with Gasteiger partial charge < -0.3 is 10.6 Å². The maximum Gasteiger partial charge on any atom is 0.226 e. The first-order chi connectivity index (χ1) is 9.87. The third kappa shape index (κ3) is 3.32. The molecule has 4 heteroatoms. The fourth-order valence-corrected chi connectivity index (χ4v) is 3.85. The summed E-state index contributed by atoms with van der Waals surface area (Å²) in [5, 5.41) is 0. The summed E-state index contributed by atoms with van der Waals surface area (Å²) in [5.74, 6) is 0.859. The van der Waals surface area contributed by atoms with Gasteiger partial charge in [0.2, 0.25) is 5.91 Å². The van der Waals surface area contributed by atoms with E-state index < -0.39 is 0 Å². The van der Waals surface area contributed by atoms with Crippen LogP contribution in [0.3, 0.4) is 0 Å². The molecule has 21 heavy (non-hydrogen) atoms. The zero-order chi connectivity index (χ0) is 15.6. The average molecular weight is 293 g/mol. The standard InChI is InChI=1S/C17H31N3O/c1-5-8-19-9-11-20(12-10-19)16(21)14-6-7-15(18)13(2)17(14,3)4/h5,13-15H,1,6-12,18H2,2-4H3. The molecule has 0 radical (unpaired) electrons. The molecule has 1 saturated heterocycles. The van der Waals surface area contributed by atoms with E-state index in [1.165, 1.54) is 0 Å². The van der Waals surface area contributed by atoms with Crippen LogP contribution in [0.25, 0.3) is 0 Å². The molecule has 0 aromatic heterocycles. The van der Waals surface area contributed by atoms with Crippen molar-refractivity contribution in [3.8, 4) is 0 Å². The Labute approximate surface area is 129 Å². The summed E-state index contributed by atoms with van der Waals surface area (Å²) in [6.45, 7) is 14.9. The number of nitrogens with two attached hydrogens (primary N) is 1. The molecule has 120 valence electrons. The number of hydrogen-bond donors (Lipinski definition) is 1. The Kier molecular flexibility index (Phi) is 5.10. The van der Waals surface area contributed by atoms with E-state index in [4.69, 9.17) is 5.73 Å². The molecule has 1 aliphatic carbocycles. The number of rotatable bonds is 3. The van der Waals surface area contributed by atoms with Gasteiger partial charge in [-0.25, -0.2) is 0 Å². The predicted molar refractivity (Wildman–Crippen MR) is 86.9 cm³/mol. The lowest BCUT2D eigenvalue weighted by Crippen LogP contribution is -2.55. The smallest absolute Gasteiger partial charge is 0.226 e. The first kappa shape index (κ1) is 16.5. The van der Waals surface area contributed by atoms with Gasteiger partial charge in [-0.3, -0.25) is 9.69 Å². The van der Waals surface area contributed by atoms with E-state index in [2.05, 4.69) is 37.1 Å². The maximum atomic E-state index is 12.9. The molecule has 3 atom stereocenters. The first-order valence-electron chi connectivity index (χ1n) is 8.25. The lowest BCUT2D eigenvalue weighted by atomic mass is 9.60. The third-order valence-corrected chi connectivity index (χ3v) is 5.87. The Morgan fingerprint density at radius 3 is 2.48 bits per heavy atom. The van der Waals surface area contributed by atoms with Crippen LogP contribution in [0.2, 0.25) is 0 Å². The summed E-state index contributed by atoms with van der Waals surface area (Å²) in [5.41, 5.74) is 6.20. The first-order valence-corrected chi connectivity index (χ1v) is 8.25. The quantitative estimate of drug-likeness (QED) is 0.806. The summed E-state index contributed by atoms with van der Waals surface area (Å²) in [7, 11) is 0. The van der Waals surface area contributed by atoms with Gasteiger partial charge in [0, 0.05) is 44.7 Å². The Hall–Kier alpha value is -0.870. The monoisotopic (exact) mass is 293 g/mol. The van der Waals surface area contributed by atoms with Crippen LogP contribution >= 0.6 is 0 Å².